The third kappa shape index (κ3) is 3.91. The van der Waals surface area contributed by atoms with Crippen molar-refractivity contribution in [2.75, 3.05) is 12.4 Å². The SMILES string of the molecule is CCOC(=O)CCSCc1cc2ccccc2[se]1. The van der Waals surface area contributed by atoms with Crippen molar-refractivity contribution in [3.8, 4) is 0 Å². The number of esters is 1. The summed E-state index contributed by atoms with van der Waals surface area (Å²) in [5.41, 5.74) is 0. The maximum atomic E-state index is 11.2. The van der Waals surface area contributed by atoms with E-state index in [1.807, 2.05) is 18.7 Å². The van der Waals surface area contributed by atoms with Crippen molar-refractivity contribution in [1.29, 1.82) is 0 Å². The van der Waals surface area contributed by atoms with Gasteiger partial charge < -0.3 is 0 Å². The van der Waals surface area contributed by atoms with Gasteiger partial charge in [-0.3, -0.25) is 0 Å². The van der Waals surface area contributed by atoms with Gasteiger partial charge >= 0.3 is 118 Å². The molecule has 1 aromatic heterocycles. The fourth-order valence-electron chi connectivity index (χ4n) is 1.67. The summed E-state index contributed by atoms with van der Waals surface area (Å²) in [6.07, 6.45) is 0.520. The van der Waals surface area contributed by atoms with Gasteiger partial charge in [-0.25, -0.2) is 0 Å². The molecular formula is C14H16O2SSe. The summed E-state index contributed by atoms with van der Waals surface area (Å²) >= 11 is 2.30. The fourth-order valence-corrected chi connectivity index (χ4v) is 5.17. The van der Waals surface area contributed by atoms with E-state index in [1.54, 1.807) is 0 Å². The van der Waals surface area contributed by atoms with Crippen molar-refractivity contribution in [3.63, 3.8) is 0 Å². The molecule has 0 fully saturated rings. The minimum atomic E-state index is -0.0841. The van der Waals surface area contributed by atoms with Crippen LogP contribution in [0.4, 0.5) is 0 Å². The molecule has 0 aliphatic rings. The van der Waals surface area contributed by atoms with E-state index in [2.05, 4.69) is 30.3 Å². The van der Waals surface area contributed by atoms with Crippen LogP contribution >= 0.6 is 11.8 Å². The number of thioether (sulfide) groups is 1. The molecular weight excluding hydrogens is 311 g/mol. The summed E-state index contributed by atoms with van der Waals surface area (Å²) in [7, 11) is 0. The summed E-state index contributed by atoms with van der Waals surface area (Å²) in [4.78, 5) is 11.2. The van der Waals surface area contributed by atoms with Crippen LogP contribution in [-0.2, 0) is 15.3 Å². The predicted octanol–water partition coefficient (Wildman–Crippen LogP) is 3.08. The first-order chi connectivity index (χ1) is 8.79. The van der Waals surface area contributed by atoms with Gasteiger partial charge in [0.1, 0.15) is 0 Å². The van der Waals surface area contributed by atoms with Crippen molar-refractivity contribution in [1.82, 2.24) is 0 Å². The van der Waals surface area contributed by atoms with Crippen molar-refractivity contribution in [2.24, 2.45) is 0 Å². The summed E-state index contributed by atoms with van der Waals surface area (Å²) in [5.74, 6) is 1.80. The molecule has 0 aliphatic carbocycles. The van der Waals surface area contributed by atoms with Gasteiger partial charge in [-0.1, -0.05) is 0 Å². The van der Waals surface area contributed by atoms with E-state index in [0.29, 0.717) is 27.5 Å². The number of hydrogen-bond donors (Lipinski definition) is 0. The Bertz CT molecular complexity index is 488. The van der Waals surface area contributed by atoms with E-state index in [0.717, 1.165) is 11.5 Å². The van der Waals surface area contributed by atoms with Crippen LogP contribution in [-0.4, -0.2) is 32.8 Å². The van der Waals surface area contributed by atoms with Gasteiger partial charge in [0, 0.05) is 0 Å². The van der Waals surface area contributed by atoms with E-state index in [4.69, 9.17) is 4.74 Å². The van der Waals surface area contributed by atoms with Crippen molar-refractivity contribution >= 4 is 41.9 Å². The maximum absolute atomic E-state index is 11.2. The molecule has 2 nitrogen and oxygen atoms in total. The molecule has 2 rings (SSSR count). The summed E-state index contributed by atoms with van der Waals surface area (Å²) < 4.78 is 7.89. The standard InChI is InChI=1S/C14H16O2SSe/c1-2-16-14(15)7-8-17-10-12-9-11-5-3-4-6-13(11)18-12/h3-6,9H,2,7-8,10H2,1H3. The quantitative estimate of drug-likeness (QED) is 0.463. The topological polar surface area (TPSA) is 26.3 Å². The van der Waals surface area contributed by atoms with Crippen molar-refractivity contribution < 1.29 is 9.53 Å². The Kier molecular flexibility index (Phi) is 5.36. The first-order valence-electron chi connectivity index (χ1n) is 6.00. The van der Waals surface area contributed by atoms with Crippen LogP contribution in [0, 0.1) is 0 Å². The van der Waals surface area contributed by atoms with E-state index < -0.39 is 0 Å². The molecule has 4 heteroatoms. The van der Waals surface area contributed by atoms with Gasteiger partial charge in [0.2, 0.25) is 0 Å². The normalized spacial score (nSPS) is 10.7. The Morgan fingerprint density at radius 2 is 2.22 bits per heavy atom. The summed E-state index contributed by atoms with van der Waals surface area (Å²) in [6, 6.07) is 10.9. The second kappa shape index (κ2) is 7.03. The second-order valence-corrected chi connectivity index (χ2v) is 7.41. The molecule has 0 bridgehead atoms. The van der Waals surface area contributed by atoms with E-state index in [1.165, 1.54) is 14.1 Å². The number of carbonyl (C=O) groups is 1. The second-order valence-electron chi connectivity index (χ2n) is 3.86. The molecule has 0 atom stereocenters. The monoisotopic (exact) mass is 328 g/mol. The molecule has 2 aromatic rings. The molecule has 1 heterocycles. The van der Waals surface area contributed by atoms with Crippen LogP contribution < -0.4 is 0 Å². The zero-order chi connectivity index (χ0) is 12.8. The molecule has 0 amide bonds. The van der Waals surface area contributed by atoms with Crippen LogP contribution in [0.15, 0.2) is 30.3 Å². The van der Waals surface area contributed by atoms with Gasteiger partial charge in [0.25, 0.3) is 0 Å². The average Bonchev–Trinajstić information content (AvgIpc) is 2.77. The Morgan fingerprint density at radius 1 is 1.39 bits per heavy atom. The van der Waals surface area contributed by atoms with Crippen LogP contribution in [0.2, 0.25) is 0 Å². The predicted molar refractivity (Wildman–Crippen MR) is 78.3 cm³/mol. The molecule has 0 N–H and O–H groups in total. The third-order valence-corrected chi connectivity index (χ3v) is 6.24. The van der Waals surface area contributed by atoms with E-state index >= 15 is 0 Å². The molecule has 0 saturated heterocycles. The zero-order valence-electron chi connectivity index (χ0n) is 10.3. The van der Waals surface area contributed by atoms with Crippen LogP contribution in [0.1, 0.15) is 17.8 Å². The molecule has 0 spiro atoms. The molecule has 96 valence electrons. The van der Waals surface area contributed by atoms with Crippen molar-refractivity contribution in [2.45, 2.75) is 19.1 Å². The van der Waals surface area contributed by atoms with Crippen LogP contribution in [0.5, 0.6) is 0 Å². The first-order valence-corrected chi connectivity index (χ1v) is 8.87. The number of carbonyl (C=O) groups excluding carboxylic acids is 1. The fraction of sp³-hybridized carbons (Fsp3) is 0.357. The van der Waals surface area contributed by atoms with Gasteiger partial charge in [-0.05, 0) is 0 Å². The Morgan fingerprint density at radius 3 is 3.00 bits per heavy atom. The molecule has 0 aliphatic heterocycles. The van der Waals surface area contributed by atoms with Gasteiger partial charge in [-0.2, -0.15) is 0 Å². The average molecular weight is 327 g/mol. The number of fused-ring (bicyclic) bond motifs is 1. The minimum absolute atomic E-state index is 0.0841. The first kappa shape index (κ1) is 13.7. The van der Waals surface area contributed by atoms with Gasteiger partial charge in [0.05, 0.1) is 0 Å². The van der Waals surface area contributed by atoms with E-state index in [-0.39, 0.29) is 5.97 Å². The molecule has 18 heavy (non-hydrogen) atoms. The molecule has 1 aromatic carbocycles. The Balaban J connectivity index is 1.78. The molecule has 0 unspecified atom stereocenters. The summed E-state index contributed by atoms with van der Waals surface area (Å²) in [6.45, 7) is 2.32. The third-order valence-electron chi connectivity index (χ3n) is 2.48. The Labute approximate surface area is 117 Å². The zero-order valence-corrected chi connectivity index (χ0v) is 12.9. The molecule has 0 saturated carbocycles. The van der Waals surface area contributed by atoms with Gasteiger partial charge in [0.15, 0.2) is 0 Å². The molecule has 0 radical (unpaired) electrons. The number of rotatable bonds is 6. The Hall–Kier alpha value is -0.701. The summed E-state index contributed by atoms with van der Waals surface area (Å²) in [5, 5.41) is 1.37. The van der Waals surface area contributed by atoms with E-state index in [9.17, 15) is 4.79 Å². The number of hydrogen-bond acceptors (Lipinski definition) is 3. The van der Waals surface area contributed by atoms with Crippen LogP contribution in [0.25, 0.3) is 9.65 Å². The van der Waals surface area contributed by atoms with Crippen molar-refractivity contribution in [3.05, 3.63) is 34.8 Å². The number of benzene rings is 1. The van der Waals surface area contributed by atoms with Crippen LogP contribution in [0.3, 0.4) is 0 Å². The van der Waals surface area contributed by atoms with Gasteiger partial charge in [-0.15, -0.1) is 0 Å². The number of ether oxygens (including phenoxy) is 1.